The number of aliphatic imine (C=N–C) groups is 1. The number of hydrogen-bond acceptors (Lipinski definition) is 5. The Balaban J connectivity index is 0.00000320. The maximum absolute atomic E-state index is 13.9. The fourth-order valence-electron chi connectivity index (χ4n) is 2.67. The van der Waals surface area contributed by atoms with E-state index in [9.17, 15) is 4.39 Å². The highest BCUT2D eigenvalue weighted by atomic mass is 127. The minimum atomic E-state index is -0.416. The summed E-state index contributed by atoms with van der Waals surface area (Å²) in [6, 6.07) is 11.8. The van der Waals surface area contributed by atoms with Crippen molar-refractivity contribution in [2.45, 2.75) is 19.5 Å². The molecule has 0 saturated carbocycles. The number of nitrogens with one attached hydrogen (secondary N) is 2. The molecule has 1 aromatic heterocycles. The molecule has 2 N–H and O–H groups in total. The van der Waals surface area contributed by atoms with E-state index in [1.807, 2.05) is 19.1 Å². The summed E-state index contributed by atoms with van der Waals surface area (Å²) in [4.78, 5) is 8.52. The topological polar surface area (TPSA) is 84.6 Å². The van der Waals surface area contributed by atoms with Crippen LogP contribution in [0.5, 0.6) is 5.75 Å². The van der Waals surface area contributed by atoms with Crippen molar-refractivity contribution in [2.75, 3.05) is 14.2 Å². The van der Waals surface area contributed by atoms with Gasteiger partial charge in [0.25, 0.3) is 0 Å². The Morgan fingerprint density at radius 3 is 2.77 bits per heavy atom. The van der Waals surface area contributed by atoms with Gasteiger partial charge in [-0.05, 0) is 36.8 Å². The first-order valence-electron chi connectivity index (χ1n) is 8.89. The summed E-state index contributed by atoms with van der Waals surface area (Å²) < 4.78 is 24.2. The lowest BCUT2D eigenvalue weighted by atomic mass is 10.1. The fraction of sp³-hybridized carbons (Fsp3) is 0.250. The van der Waals surface area contributed by atoms with Crippen molar-refractivity contribution in [1.82, 2.24) is 20.8 Å². The minimum Gasteiger partial charge on any atom is -0.494 e. The van der Waals surface area contributed by atoms with Gasteiger partial charge in [-0.2, -0.15) is 4.98 Å². The van der Waals surface area contributed by atoms with E-state index in [1.54, 1.807) is 31.3 Å². The van der Waals surface area contributed by atoms with Crippen LogP contribution >= 0.6 is 35.6 Å². The Labute approximate surface area is 196 Å². The molecular weight excluding hydrogens is 524 g/mol. The molecule has 0 amide bonds. The van der Waals surface area contributed by atoms with E-state index >= 15 is 0 Å². The highest BCUT2D eigenvalue weighted by Crippen LogP contribution is 2.22. The van der Waals surface area contributed by atoms with Crippen molar-refractivity contribution in [3.63, 3.8) is 0 Å². The number of aromatic nitrogens is 2. The number of rotatable bonds is 6. The van der Waals surface area contributed by atoms with Gasteiger partial charge < -0.3 is 19.9 Å². The smallest absolute Gasteiger partial charge is 0.246 e. The van der Waals surface area contributed by atoms with Gasteiger partial charge in [-0.1, -0.05) is 35.0 Å². The maximum atomic E-state index is 13.9. The van der Waals surface area contributed by atoms with E-state index < -0.39 is 5.82 Å². The molecule has 0 radical (unpaired) electrons. The Morgan fingerprint density at radius 2 is 2.10 bits per heavy atom. The molecule has 1 unspecified atom stereocenters. The van der Waals surface area contributed by atoms with Gasteiger partial charge in [-0.25, -0.2) is 4.39 Å². The molecule has 0 spiro atoms. The number of halogens is 3. The first-order chi connectivity index (χ1) is 14.0. The highest BCUT2D eigenvalue weighted by molar-refractivity contribution is 14.0. The van der Waals surface area contributed by atoms with Gasteiger partial charge in [0.05, 0.1) is 19.7 Å². The van der Waals surface area contributed by atoms with Crippen LogP contribution in [0.15, 0.2) is 52.0 Å². The molecule has 0 aliphatic rings. The predicted octanol–water partition coefficient (Wildman–Crippen LogP) is 4.58. The van der Waals surface area contributed by atoms with E-state index in [0.717, 1.165) is 11.1 Å². The average Bonchev–Trinajstić information content (AvgIpc) is 3.20. The predicted molar refractivity (Wildman–Crippen MR) is 125 cm³/mol. The van der Waals surface area contributed by atoms with Crippen LogP contribution in [0.2, 0.25) is 5.02 Å². The summed E-state index contributed by atoms with van der Waals surface area (Å²) in [5, 5.41) is 10.9. The third kappa shape index (κ3) is 6.05. The molecule has 1 heterocycles. The van der Waals surface area contributed by atoms with Crippen molar-refractivity contribution in [3.05, 3.63) is 64.8 Å². The molecule has 1 atom stereocenters. The van der Waals surface area contributed by atoms with Gasteiger partial charge >= 0.3 is 0 Å². The molecule has 2 aromatic carbocycles. The normalized spacial score (nSPS) is 12.1. The number of nitrogens with zero attached hydrogens (tertiary/aromatic N) is 3. The summed E-state index contributed by atoms with van der Waals surface area (Å²) >= 11 is 6.00. The molecule has 0 aliphatic carbocycles. The third-order valence-corrected chi connectivity index (χ3v) is 4.45. The van der Waals surface area contributed by atoms with E-state index in [2.05, 4.69) is 25.8 Å². The van der Waals surface area contributed by atoms with Crippen LogP contribution in [0.3, 0.4) is 0 Å². The second-order valence-electron chi connectivity index (χ2n) is 6.21. The Kier molecular flexibility index (Phi) is 8.85. The number of ether oxygens (including phenoxy) is 1. The maximum Gasteiger partial charge on any atom is 0.246 e. The van der Waals surface area contributed by atoms with Crippen LogP contribution < -0.4 is 15.4 Å². The van der Waals surface area contributed by atoms with Crippen molar-refractivity contribution in [2.24, 2.45) is 4.99 Å². The molecule has 3 aromatic rings. The summed E-state index contributed by atoms with van der Waals surface area (Å²) in [6.07, 6.45) is 0. The van der Waals surface area contributed by atoms with Crippen LogP contribution in [-0.2, 0) is 6.54 Å². The quantitative estimate of drug-likeness (QED) is 0.268. The van der Waals surface area contributed by atoms with E-state index in [0.29, 0.717) is 22.7 Å². The second kappa shape index (κ2) is 11.1. The van der Waals surface area contributed by atoms with E-state index in [-0.39, 0.29) is 42.3 Å². The van der Waals surface area contributed by atoms with Crippen molar-refractivity contribution in [3.8, 4) is 17.1 Å². The molecule has 10 heteroatoms. The largest absolute Gasteiger partial charge is 0.494 e. The zero-order chi connectivity index (χ0) is 20.8. The van der Waals surface area contributed by atoms with Gasteiger partial charge in [0.1, 0.15) is 0 Å². The van der Waals surface area contributed by atoms with Gasteiger partial charge in [-0.3, -0.25) is 4.99 Å². The lowest BCUT2D eigenvalue weighted by molar-refractivity contribution is 0.375. The van der Waals surface area contributed by atoms with Crippen LogP contribution in [-0.4, -0.2) is 30.3 Å². The summed E-state index contributed by atoms with van der Waals surface area (Å²) in [5.41, 5.74) is 1.53. The van der Waals surface area contributed by atoms with Crippen molar-refractivity contribution >= 4 is 41.5 Å². The molecule has 30 heavy (non-hydrogen) atoms. The van der Waals surface area contributed by atoms with E-state index in [4.69, 9.17) is 20.9 Å². The Hall–Kier alpha value is -2.40. The van der Waals surface area contributed by atoms with Crippen molar-refractivity contribution in [1.29, 1.82) is 0 Å². The van der Waals surface area contributed by atoms with Crippen LogP contribution in [0.1, 0.15) is 24.4 Å². The third-order valence-electron chi connectivity index (χ3n) is 4.21. The average molecular weight is 546 g/mol. The number of hydrogen-bond donors (Lipinski definition) is 2. The second-order valence-corrected chi connectivity index (χ2v) is 6.64. The first kappa shape index (κ1) is 23.9. The number of methoxy groups -OCH3 is 1. The molecule has 0 bridgehead atoms. The van der Waals surface area contributed by atoms with Gasteiger partial charge in [0, 0.05) is 17.6 Å². The zero-order valence-electron chi connectivity index (χ0n) is 16.6. The van der Waals surface area contributed by atoms with Crippen LogP contribution in [0.25, 0.3) is 11.4 Å². The molecule has 160 valence electrons. The zero-order valence-corrected chi connectivity index (χ0v) is 19.7. The molecule has 3 rings (SSSR count). The van der Waals surface area contributed by atoms with Crippen LogP contribution in [0.4, 0.5) is 4.39 Å². The SMILES string of the molecule is CN=C(NCc1nc(-c2cccc(Cl)c2)no1)NC(C)c1ccc(OC)c(F)c1.I. The van der Waals surface area contributed by atoms with Gasteiger partial charge in [-0.15, -0.1) is 24.0 Å². The fourth-order valence-corrected chi connectivity index (χ4v) is 2.86. The van der Waals surface area contributed by atoms with Crippen molar-refractivity contribution < 1.29 is 13.7 Å². The summed E-state index contributed by atoms with van der Waals surface area (Å²) in [6.45, 7) is 2.18. The number of guanidine groups is 1. The standard InChI is InChI=1S/C20H21ClFN5O2.HI/c1-12(13-7-8-17(28-3)16(22)10-13)25-20(23-2)24-11-18-26-19(27-29-18)14-5-4-6-15(21)9-14;/h4-10,12H,11H2,1-3H3,(H2,23,24,25);1H. The minimum absolute atomic E-state index is 0. The summed E-state index contributed by atoms with van der Waals surface area (Å²) in [7, 11) is 3.07. The lowest BCUT2D eigenvalue weighted by Crippen LogP contribution is -2.38. The van der Waals surface area contributed by atoms with Gasteiger partial charge in [0.2, 0.25) is 11.7 Å². The molecular formula is C20H22ClFIN5O2. The lowest BCUT2D eigenvalue weighted by Gasteiger charge is -2.18. The first-order valence-corrected chi connectivity index (χ1v) is 9.27. The molecule has 0 saturated heterocycles. The molecule has 0 fully saturated rings. The van der Waals surface area contributed by atoms with E-state index in [1.165, 1.54) is 13.2 Å². The molecule has 7 nitrogen and oxygen atoms in total. The molecule has 0 aliphatic heterocycles. The Bertz CT molecular complexity index is 1010. The summed E-state index contributed by atoms with van der Waals surface area (Å²) in [5.74, 6) is 1.15. The highest BCUT2D eigenvalue weighted by Gasteiger charge is 2.13. The number of benzene rings is 2. The van der Waals surface area contributed by atoms with Crippen LogP contribution in [0, 0.1) is 5.82 Å². The van der Waals surface area contributed by atoms with Gasteiger partial charge in [0.15, 0.2) is 17.5 Å². The monoisotopic (exact) mass is 545 g/mol. The Morgan fingerprint density at radius 1 is 1.30 bits per heavy atom.